The van der Waals surface area contributed by atoms with Gasteiger partial charge in [0.05, 0.1) is 29.0 Å². The van der Waals surface area contributed by atoms with E-state index in [9.17, 15) is 0 Å². The van der Waals surface area contributed by atoms with Gasteiger partial charge in [0.25, 0.3) is 0 Å². The van der Waals surface area contributed by atoms with Gasteiger partial charge in [-0.3, -0.25) is 0 Å². The van der Waals surface area contributed by atoms with Gasteiger partial charge in [-0.05, 0) is 23.4 Å². The summed E-state index contributed by atoms with van der Waals surface area (Å²) in [7, 11) is 0. The van der Waals surface area contributed by atoms with E-state index < -0.39 is 0 Å². The number of nitrogens with two attached hydrogens (primary N) is 3. The third-order valence-corrected chi connectivity index (χ3v) is 2.10. The molecule has 0 aliphatic heterocycles. The Morgan fingerprint density at radius 1 is 0.933 bits per heavy atom. The van der Waals surface area contributed by atoms with E-state index in [0.717, 1.165) is 0 Å². The second-order valence-corrected chi connectivity index (χ2v) is 3.04. The molecule has 0 aliphatic carbocycles. The monoisotopic (exact) mass is 202 g/mol. The molecule has 6 heteroatoms. The van der Waals surface area contributed by atoms with E-state index >= 15 is 0 Å². The smallest absolute Gasteiger partial charge is 0.0984 e. The van der Waals surface area contributed by atoms with Crippen molar-refractivity contribution in [3.8, 4) is 11.3 Å². The number of hydrogen-bond donors (Lipinski definition) is 3. The zero-order valence-corrected chi connectivity index (χ0v) is 7.88. The molecular weight excluding hydrogens is 192 g/mol. The first-order valence-corrected chi connectivity index (χ1v) is 4.28. The molecule has 2 rings (SSSR count). The van der Waals surface area contributed by atoms with Gasteiger partial charge in [0.15, 0.2) is 0 Å². The van der Waals surface area contributed by atoms with Crippen molar-refractivity contribution in [2.45, 2.75) is 0 Å². The van der Waals surface area contributed by atoms with Crippen molar-refractivity contribution in [1.82, 2.24) is 15.4 Å². The van der Waals surface area contributed by atoms with Crippen LogP contribution in [0.4, 0.5) is 17.1 Å². The van der Waals surface area contributed by atoms with Crippen LogP contribution in [0, 0.1) is 0 Å². The lowest BCUT2D eigenvalue weighted by Gasteiger charge is -2.08. The molecule has 0 spiro atoms. The van der Waals surface area contributed by atoms with Crippen LogP contribution >= 0.6 is 0 Å². The molecule has 1 aromatic carbocycles. The summed E-state index contributed by atoms with van der Waals surface area (Å²) in [5.41, 5.74) is 19.7. The second-order valence-electron chi connectivity index (χ2n) is 3.04. The first kappa shape index (κ1) is 9.20. The fourth-order valence-electron chi connectivity index (χ4n) is 1.26. The van der Waals surface area contributed by atoms with Crippen LogP contribution in [0.1, 0.15) is 0 Å². The van der Waals surface area contributed by atoms with Gasteiger partial charge in [0.2, 0.25) is 0 Å². The topological polar surface area (TPSA) is 117 Å². The van der Waals surface area contributed by atoms with Crippen molar-refractivity contribution < 1.29 is 0 Å². The summed E-state index contributed by atoms with van der Waals surface area (Å²) < 4.78 is 0. The molecule has 6 nitrogen and oxygen atoms in total. The van der Waals surface area contributed by atoms with Crippen molar-refractivity contribution in [3.63, 3.8) is 0 Å². The van der Waals surface area contributed by atoms with Gasteiger partial charge in [-0.25, -0.2) is 0 Å². The minimum atomic E-state index is 0.367. The summed E-state index contributed by atoms with van der Waals surface area (Å²) in [4.78, 5) is 0. The largest absolute Gasteiger partial charge is 0.397 e. The van der Waals surface area contributed by atoms with Crippen LogP contribution in [0.2, 0.25) is 0 Å². The number of nitrogens with zero attached hydrogens (tertiary/aromatic N) is 3. The van der Waals surface area contributed by atoms with Crippen molar-refractivity contribution in [3.05, 3.63) is 24.4 Å². The lowest BCUT2D eigenvalue weighted by Crippen LogP contribution is -2.02. The molecule has 0 bridgehead atoms. The Labute approximate surface area is 86.1 Å². The Morgan fingerprint density at radius 3 is 2.40 bits per heavy atom. The number of rotatable bonds is 1. The van der Waals surface area contributed by atoms with Crippen LogP contribution < -0.4 is 17.2 Å². The number of aromatic nitrogens is 3. The Bertz CT molecular complexity index is 481. The Kier molecular flexibility index (Phi) is 2.09. The van der Waals surface area contributed by atoms with Crippen LogP contribution in [-0.4, -0.2) is 15.4 Å². The molecule has 0 radical (unpaired) electrons. The van der Waals surface area contributed by atoms with Crippen LogP contribution in [0.25, 0.3) is 11.3 Å². The van der Waals surface area contributed by atoms with Gasteiger partial charge in [-0.2, -0.15) is 0 Å². The fraction of sp³-hybridized carbons (Fsp3) is 0. The normalized spacial score (nSPS) is 10.1. The highest BCUT2D eigenvalue weighted by atomic mass is 15.3. The fourth-order valence-corrected chi connectivity index (χ4v) is 1.26. The maximum absolute atomic E-state index is 5.82. The van der Waals surface area contributed by atoms with Crippen LogP contribution in [0.5, 0.6) is 0 Å². The predicted octanol–water partition coefficient (Wildman–Crippen LogP) is 0.285. The molecular formula is C9H10N6. The molecule has 0 atom stereocenters. The van der Waals surface area contributed by atoms with E-state index in [4.69, 9.17) is 17.2 Å². The molecule has 1 aromatic heterocycles. The lowest BCUT2D eigenvalue weighted by atomic mass is 10.1. The van der Waals surface area contributed by atoms with E-state index in [2.05, 4.69) is 15.4 Å². The van der Waals surface area contributed by atoms with Crippen LogP contribution in [-0.2, 0) is 0 Å². The molecule has 0 saturated heterocycles. The SMILES string of the molecule is Nc1ccc(-c2ccnnn2)c(N)c1N. The van der Waals surface area contributed by atoms with Gasteiger partial charge in [-0.15, -0.1) is 10.2 Å². The zero-order chi connectivity index (χ0) is 10.8. The van der Waals surface area contributed by atoms with E-state index in [1.807, 2.05) is 0 Å². The molecule has 6 N–H and O–H groups in total. The number of benzene rings is 1. The highest BCUT2D eigenvalue weighted by Crippen LogP contribution is 2.32. The number of hydrogen-bond acceptors (Lipinski definition) is 6. The lowest BCUT2D eigenvalue weighted by molar-refractivity contribution is 0.871. The average Bonchev–Trinajstić information content (AvgIpc) is 2.27. The molecule has 0 fully saturated rings. The highest BCUT2D eigenvalue weighted by Gasteiger charge is 2.08. The minimum Gasteiger partial charge on any atom is -0.397 e. The third kappa shape index (κ3) is 1.52. The molecule has 0 amide bonds. The Balaban J connectivity index is 2.60. The van der Waals surface area contributed by atoms with Gasteiger partial charge >= 0.3 is 0 Å². The summed E-state index contributed by atoms with van der Waals surface area (Å²) in [6.45, 7) is 0. The second kappa shape index (κ2) is 3.41. The first-order valence-electron chi connectivity index (χ1n) is 4.28. The summed E-state index contributed by atoms with van der Waals surface area (Å²) in [6.07, 6.45) is 1.54. The average molecular weight is 202 g/mol. The first-order chi connectivity index (χ1) is 7.20. The summed E-state index contributed by atoms with van der Waals surface area (Å²) in [5.74, 6) is 0. The molecule has 1 heterocycles. The zero-order valence-electron chi connectivity index (χ0n) is 7.88. The van der Waals surface area contributed by atoms with E-state index in [-0.39, 0.29) is 0 Å². The Hall–Kier alpha value is -2.37. The van der Waals surface area contributed by atoms with E-state index in [1.165, 1.54) is 6.20 Å². The Morgan fingerprint density at radius 2 is 1.73 bits per heavy atom. The van der Waals surface area contributed by atoms with Crippen molar-refractivity contribution >= 4 is 17.1 Å². The maximum Gasteiger partial charge on any atom is 0.0984 e. The van der Waals surface area contributed by atoms with Crippen LogP contribution in [0.15, 0.2) is 24.4 Å². The molecule has 0 saturated carbocycles. The summed E-state index contributed by atoms with van der Waals surface area (Å²) >= 11 is 0. The van der Waals surface area contributed by atoms with E-state index in [0.29, 0.717) is 28.3 Å². The van der Waals surface area contributed by atoms with Crippen molar-refractivity contribution in [2.24, 2.45) is 0 Å². The van der Waals surface area contributed by atoms with Crippen molar-refractivity contribution in [2.75, 3.05) is 17.2 Å². The van der Waals surface area contributed by atoms with Gasteiger partial charge in [-0.1, -0.05) is 0 Å². The predicted molar refractivity (Wildman–Crippen MR) is 58.5 cm³/mol. The van der Waals surface area contributed by atoms with Gasteiger partial charge in [0.1, 0.15) is 0 Å². The molecule has 76 valence electrons. The molecule has 0 aliphatic rings. The summed E-state index contributed by atoms with van der Waals surface area (Å²) in [5, 5.41) is 11.0. The summed E-state index contributed by atoms with van der Waals surface area (Å²) in [6, 6.07) is 5.14. The van der Waals surface area contributed by atoms with Gasteiger partial charge < -0.3 is 17.2 Å². The minimum absolute atomic E-state index is 0.367. The van der Waals surface area contributed by atoms with Gasteiger partial charge in [0, 0.05) is 5.56 Å². The standard InChI is InChI=1S/C9H10N6/c10-6-2-1-5(8(11)9(6)12)7-3-4-13-15-14-7/h1-4H,10-12H2. The van der Waals surface area contributed by atoms with Crippen molar-refractivity contribution in [1.29, 1.82) is 0 Å². The highest BCUT2D eigenvalue weighted by molar-refractivity contribution is 5.89. The molecule has 15 heavy (non-hydrogen) atoms. The number of anilines is 3. The maximum atomic E-state index is 5.82. The number of nitrogen functional groups attached to an aromatic ring is 3. The molecule has 0 unspecified atom stereocenters. The third-order valence-electron chi connectivity index (χ3n) is 2.10. The van der Waals surface area contributed by atoms with Crippen LogP contribution in [0.3, 0.4) is 0 Å². The van der Waals surface area contributed by atoms with E-state index in [1.54, 1.807) is 18.2 Å². The quantitative estimate of drug-likeness (QED) is 0.572. The molecule has 2 aromatic rings.